The topological polar surface area (TPSA) is 90.2 Å². The molecule has 0 saturated heterocycles. The van der Waals surface area contributed by atoms with E-state index >= 15 is 0 Å². The van der Waals surface area contributed by atoms with E-state index in [1.54, 1.807) is 18.2 Å². The lowest BCUT2D eigenvalue weighted by atomic mass is 10.2. The average molecular weight is 300 g/mol. The summed E-state index contributed by atoms with van der Waals surface area (Å²) in [6.07, 6.45) is 3.70. The van der Waals surface area contributed by atoms with Crippen molar-refractivity contribution in [3.63, 3.8) is 0 Å². The van der Waals surface area contributed by atoms with E-state index < -0.39 is 4.92 Å². The minimum atomic E-state index is -0.568. The third-order valence-corrected chi connectivity index (χ3v) is 2.93. The molecule has 0 atom stereocenters. The van der Waals surface area contributed by atoms with Crippen LogP contribution in [0.5, 0.6) is 11.6 Å². The van der Waals surface area contributed by atoms with Crippen molar-refractivity contribution in [1.29, 1.82) is 0 Å². The number of anilines is 1. The zero-order chi connectivity index (χ0) is 15.9. The largest absolute Gasteiger partial charge is 0.434 e. The predicted octanol–water partition coefficient (Wildman–Crippen LogP) is 3.34. The quantitative estimate of drug-likeness (QED) is 0.479. The number of benzene rings is 1. The van der Waals surface area contributed by atoms with Crippen LogP contribution in [0.25, 0.3) is 0 Å². The van der Waals surface area contributed by atoms with Crippen molar-refractivity contribution >= 4 is 11.5 Å². The van der Waals surface area contributed by atoms with Gasteiger partial charge in [0.25, 0.3) is 0 Å². The van der Waals surface area contributed by atoms with Crippen LogP contribution in [0.3, 0.4) is 0 Å². The second-order valence-corrected chi connectivity index (χ2v) is 4.40. The molecule has 1 aromatic carbocycles. The molecule has 0 bridgehead atoms. The lowest BCUT2D eigenvalue weighted by Gasteiger charge is -2.08. The van der Waals surface area contributed by atoms with Gasteiger partial charge in [-0.15, -0.1) is 6.58 Å². The Morgan fingerprint density at radius 2 is 2.09 bits per heavy atom. The van der Waals surface area contributed by atoms with Crippen LogP contribution in [0, 0.1) is 10.1 Å². The summed E-state index contributed by atoms with van der Waals surface area (Å²) < 4.78 is 5.53. The Morgan fingerprint density at radius 3 is 2.68 bits per heavy atom. The zero-order valence-corrected chi connectivity index (χ0v) is 12.2. The van der Waals surface area contributed by atoms with Crippen molar-refractivity contribution < 1.29 is 9.66 Å². The van der Waals surface area contributed by atoms with Crippen LogP contribution in [-0.4, -0.2) is 21.4 Å². The molecule has 0 unspecified atom stereocenters. The second-order valence-electron chi connectivity index (χ2n) is 4.40. The number of aromatic nitrogens is 2. The van der Waals surface area contributed by atoms with Gasteiger partial charge in [0.05, 0.1) is 4.92 Å². The SMILES string of the molecule is C=CCNc1ncnc(Oc2ccc(CC)cc2)c1[N+](=O)[O-]. The van der Waals surface area contributed by atoms with E-state index in [9.17, 15) is 10.1 Å². The van der Waals surface area contributed by atoms with Gasteiger partial charge in [-0.1, -0.05) is 25.1 Å². The van der Waals surface area contributed by atoms with Crippen LogP contribution in [-0.2, 0) is 6.42 Å². The Bertz CT molecular complexity index is 671. The molecule has 7 nitrogen and oxygen atoms in total. The Hall–Kier alpha value is -2.96. The molecule has 0 saturated carbocycles. The first-order valence-electron chi connectivity index (χ1n) is 6.76. The molecule has 2 rings (SSSR count). The predicted molar refractivity (Wildman–Crippen MR) is 83.3 cm³/mol. The third kappa shape index (κ3) is 3.57. The summed E-state index contributed by atoms with van der Waals surface area (Å²) in [5.41, 5.74) is 0.849. The van der Waals surface area contributed by atoms with Gasteiger partial charge in [-0.25, -0.2) is 4.98 Å². The monoisotopic (exact) mass is 300 g/mol. The van der Waals surface area contributed by atoms with Crippen molar-refractivity contribution in [3.05, 3.63) is 58.9 Å². The lowest BCUT2D eigenvalue weighted by Crippen LogP contribution is -2.06. The minimum Gasteiger partial charge on any atom is -0.434 e. The Labute approximate surface area is 127 Å². The van der Waals surface area contributed by atoms with Crippen molar-refractivity contribution in [3.8, 4) is 11.6 Å². The summed E-state index contributed by atoms with van der Waals surface area (Å²) in [7, 11) is 0. The number of nitrogens with zero attached hydrogens (tertiary/aromatic N) is 3. The number of hydrogen-bond acceptors (Lipinski definition) is 6. The zero-order valence-electron chi connectivity index (χ0n) is 12.2. The molecule has 1 heterocycles. The van der Waals surface area contributed by atoms with Crippen LogP contribution in [0.15, 0.2) is 43.2 Å². The molecular formula is C15H16N4O3. The summed E-state index contributed by atoms with van der Waals surface area (Å²) in [6, 6.07) is 7.31. The highest BCUT2D eigenvalue weighted by atomic mass is 16.6. The van der Waals surface area contributed by atoms with Gasteiger partial charge in [0.15, 0.2) is 0 Å². The van der Waals surface area contributed by atoms with Gasteiger partial charge in [-0.3, -0.25) is 10.1 Å². The number of aryl methyl sites for hydroxylation is 1. The van der Waals surface area contributed by atoms with Gasteiger partial charge in [-0.05, 0) is 24.1 Å². The fourth-order valence-corrected chi connectivity index (χ4v) is 1.80. The third-order valence-electron chi connectivity index (χ3n) is 2.93. The van der Waals surface area contributed by atoms with Gasteiger partial charge in [0.2, 0.25) is 5.82 Å². The highest BCUT2D eigenvalue weighted by molar-refractivity contribution is 5.62. The first-order valence-corrected chi connectivity index (χ1v) is 6.76. The van der Waals surface area contributed by atoms with Crippen LogP contribution in [0.2, 0.25) is 0 Å². The van der Waals surface area contributed by atoms with Gasteiger partial charge in [0, 0.05) is 6.54 Å². The molecule has 0 fully saturated rings. The summed E-state index contributed by atoms with van der Waals surface area (Å²) in [4.78, 5) is 18.4. The number of nitrogens with one attached hydrogen (secondary N) is 1. The summed E-state index contributed by atoms with van der Waals surface area (Å²) in [5.74, 6) is 0.476. The fraction of sp³-hybridized carbons (Fsp3) is 0.200. The van der Waals surface area contributed by atoms with Crippen LogP contribution >= 0.6 is 0 Å². The normalized spacial score (nSPS) is 10.0. The maximum atomic E-state index is 11.3. The van der Waals surface area contributed by atoms with E-state index in [-0.39, 0.29) is 17.4 Å². The fourth-order valence-electron chi connectivity index (χ4n) is 1.80. The molecule has 2 aromatic rings. The van der Waals surface area contributed by atoms with E-state index in [1.165, 1.54) is 6.33 Å². The van der Waals surface area contributed by atoms with Crippen molar-refractivity contribution in [2.75, 3.05) is 11.9 Å². The van der Waals surface area contributed by atoms with Crippen molar-refractivity contribution in [2.45, 2.75) is 13.3 Å². The maximum absolute atomic E-state index is 11.3. The van der Waals surface area contributed by atoms with Gasteiger partial charge in [-0.2, -0.15) is 4.98 Å². The average Bonchev–Trinajstić information content (AvgIpc) is 2.53. The minimum absolute atomic E-state index is 0.0973. The Balaban J connectivity index is 2.32. The highest BCUT2D eigenvalue weighted by Gasteiger charge is 2.24. The number of hydrogen-bond donors (Lipinski definition) is 1. The second kappa shape index (κ2) is 7.16. The number of rotatable bonds is 7. The van der Waals surface area contributed by atoms with E-state index in [2.05, 4.69) is 21.9 Å². The van der Waals surface area contributed by atoms with Gasteiger partial charge in [0.1, 0.15) is 12.1 Å². The van der Waals surface area contributed by atoms with Gasteiger partial charge >= 0.3 is 11.6 Å². The molecule has 22 heavy (non-hydrogen) atoms. The molecule has 7 heteroatoms. The van der Waals surface area contributed by atoms with E-state index in [0.29, 0.717) is 12.3 Å². The molecule has 0 spiro atoms. The smallest absolute Gasteiger partial charge is 0.373 e. The molecule has 0 radical (unpaired) electrons. The van der Waals surface area contributed by atoms with Crippen LogP contribution in [0.1, 0.15) is 12.5 Å². The molecule has 0 aliphatic carbocycles. The summed E-state index contributed by atoms with van der Waals surface area (Å²) in [6.45, 7) is 5.94. The molecule has 1 N–H and O–H groups in total. The standard InChI is InChI=1S/C15H16N4O3/c1-3-9-16-14-13(19(20)21)15(18-10-17-14)22-12-7-5-11(4-2)6-8-12/h3,5-8,10H,1,4,9H2,2H3,(H,16,17,18). The molecule has 0 aliphatic heterocycles. The first kappa shape index (κ1) is 15.4. The first-order chi connectivity index (χ1) is 10.7. The molecule has 1 aromatic heterocycles. The van der Waals surface area contributed by atoms with E-state index in [1.807, 2.05) is 19.1 Å². The van der Waals surface area contributed by atoms with Crippen molar-refractivity contribution in [2.24, 2.45) is 0 Å². The van der Waals surface area contributed by atoms with E-state index in [0.717, 1.165) is 12.0 Å². The number of ether oxygens (including phenoxy) is 1. The summed E-state index contributed by atoms with van der Waals surface area (Å²) in [5, 5.41) is 14.1. The van der Waals surface area contributed by atoms with Crippen LogP contribution in [0.4, 0.5) is 11.5 Å². The number of nitro groups is 1. The molecule has 114 valence electrons. The molecular weight excluding hydrogens is 284 g/mol. The lowest BCUT2D eigenvalue weighted by molar-refractivity contribution is -0.385. The van der Waals surface area contributed by atoms with Crippen LogP contribution < -0.4 is 10.1 Å². The Morgan fingerprint density at radius 1 is 1.36 bits per heavy atom. The van der Waals surface area contributed by atoms with Crippen molar-refractivity contribution in [1.82, 2.24) is 9.97 Å². The highest BCUT2D eigenvalue weighted by Crippen LogP contribution is 2.33. The van der Waals surface area contributed by atoms with E-state index in [4.69, 9.17) is 4.74 Å². The molecule has 0 aliphatic rings. The summed E-state index contributed by atoms with van der Waals surface area (Å²) >= 11 is 0. The maximum Gasteiger partial charge on any atom is 0.373 e. The van der Waals surface area contributed by atoms with Gasteiger partial charge < -0.3 is 10.1 Å². The molecule has 0 amide bonds. The Kier molecular flexibility index (Phi) is 5.02.